The van der Waals surface area contributed by atoms with Gasteiger partial charge < -0.3 is 15.4 Å². The van der Waals surface area contributed by atoms with Crippen LogP contribution in [0.25, 0.3) is 0 Å². The Morgan fingerprint density at radius 2 is 1.68 bits per heavy atom. The van der Waals surface area contributed by atoms with Crippen LogP contribution >= 0.6 is 15.9 Å². The van der Waals surface area contributed by atoms with Gasteiger partial charge in [0.05, 0.1) is 6.61 Å². The molecule has 0 saturated heterocycles. The molecular formula is C17H19BrN2O2. The summed E-state index contributed by atoms with van der Waals surface area (Å²) >= 11 is 3.39. The molecule has 0 unspecified atom stereocenters. The molecule has 0 heterocycles. The molecule has 0 aliphatic rings. The topological polar surface area (TPSA) is 50.4 Å². The smallest absolute Gasteiger partial charge is 0.226 e. The fraction of sp³-hybridized carbons (Fsp3) is 0.235. The number of anilines is 2. The standard InChI is InChI=1S/C17H19BrN2O2/c1-2-22-16-9-7-15(8-10-16)20-17(21)11-12-19-14-5-3-13(18)4-6-14/h3-10,19H,2,11-12H2,1H3,(H,20,21). The highest BCUT2D eigenvalue weighted by Gasteiger charge is 2.02. The van der Waals surface area contributed by atoms with E-state index in [0.717, 1.165) is 21.6 Å². The molecular weight excluding hydrogens is 344 g/mol. The summed E-state index contributed by atoms with van der Waals surface area (Å²) in [5, 5.41) is 6.08. The summed E-state index contributed by atoms with van der Waals surface area (Å²) in [6.07, 6.45) is 0.406. The molecule has 2 N–H and O–H groups in total. The van der Waals surface area contributed by atoms with E-state index in [1.54, 1.807) is 0 Å². The maximum Gasteiger partial charge on any atom is 0.226 e. The summed E-state index contributed by atoms with van der Waals surface area (Å²) in [5.74, 6) is 0.783. The highest BCUT2D eigenvalue weighted by molar-refractivity contribution is 9.10. The molecule has 0 fully saturated rings. The number of hydrogen-bond donors (Lipinski definition) is 2. The Balaban J connectivity index is 1.74. The molecule has 2 rings (SSSR count). The molecule has 0 atom stereocenters. The Bertz CT molecular complexity index is 597. The molecule has 0 aliphatic carbocycles. The van der Waals surface area contributed by atoms with Gasteiger partial charge in [-0.3, -0.25) is 4.79 Å². The van der Waals surface area contributed by atoms with Gasteiger partial charge in [0, 0.05) is 28.8 Å². The number of halogens is 1. The van der Waals surface area contributed by atoms with Crippen molar-refractivity contribution in [2.45, 2.75) is 13.3 Å². The third-order valence-corrected chi connectivity index (χ3v) is 3.50. The summed E-state index contributed by atoms with van der Waals surface area (Å²) in [6, 6.07) is 15.2. The van der Waals surface area contributed by atoms with Crippen LogP contribution in [-0.4, -0.2) is 19.1 Å². The summed E-state index contributed by atoms with van der Waals surface area (Å²) in [6.45, 7) is 3.16. The largest absolute Gasteiger partial charge is 0.494 e. The molecule has 4 nitrogen and oxygen atoms in total. The number of benzene rings is 2. The first-order valence-corrected chi connectivity index (χ1v) is 7.99. The lowest BCUT2D eigenvalue weighted by Crippen LogP contribution is -2.16. The predicted octanol–water partition coefficient (Wildman–Crippen LogP) is 4.29. The van der Waals surface area contributed by atoms with E-state index in [0.29, 0.717) is 19.6 Å². The zero-order valence-electron chi connectivity index (χ0n) is 12.4. The van der Waals surface area contributed by atoms with Gasteiger partial charge in [-0.25, -0.2) is 0 Å². The fourth-order valence-electron chi connectivity index (χ4n) is 1.91. The monoisotopic (exact) mass is 362 g/mol. The molecule has 0 spiro atoms. The van der Waals surface area contributed by atoms with E-state index in [4.69, 9.17) is 4.74 Å². The Morgan fingerprint density at radius 1 is 1.05 bits per heavy atom. The number of ether oxygens (including phenoxy) is 1. The van der Waals surface area contributed by atoms with E-state index >= 15 is 0 Å². The molecule has 2 aromatic rings. The highest BCUT2D eigenvalue weighted by Crippen LogP contribution is 2.16. The number of rotatable bonds is 7. The lowest BCUT2D eigenvalue weighted by Gasteiger charge is -2.08. The molecule has 0 radical (unpaired) electrons. The molecule has 1 amide bonds. The van der Waals surface area contributed by atoms with Crippen LogP contribution in [-0.2, 0) is 4.79 Å². The first-order chi connectivity index (χ1) is 10.7. The number of amides is 1. The van der Waals surface area contributed by atoms with E-state index in [9.17, 15) is 4.79 Å². The van der Waals surface area contributed by atoms with Gasteiger partial charge in [-0.1, -0.05) is 15.9 Å². The molecule has 0 saturated carbocycles. The number of nitrogens with one attached hydrogen (secondary N) is 2. The zero-order valence-corrected chi connectivity index (χ0v) is 14.0. The first-order valence-electron chi connectivity index (χ1n) is 7.19. The van der Waals surface area contributed by atoms with Crippen molar-refractivity contribution < 1.29 is 9.53 Å². The minimum atomic E-state index is -0.0197. The second kappa shape index (κ2) is 8.44. The van der Waals surface area contributed by atoms with Crippen molar-refractivity contribution in [1.29, 1.82) is 0 Å². The average molecular weight is 363 g/mol. The van der Waals surface area contributed by atoms with Gasteiger partial charge in [-0.05, 0) is 55.5 Å². The Hall–Kier alpha value is -2.01. The van der Waals surface area contributed by atoms with Gasteiger partial charge in [0.1, 0.15) is 5.75 Å². The van der Waals surface area contributed by atoms with Gasteiger partial charge in [-0.15, -0.1) is 0 Å². The van der Waals surface area contributed by atoms with Crippen LogP contribution in [0.1, 0.15) is 13.3 Å². The van der Waals surface area contributed by atoms with Crippen molar-refractivity contribution in [3.8, 4) is 5.75 Å². The molecule has 116 valence electrons. The third-order valence-electron chi connectivity index (χ3n) is 2.97. The van der Waals surface area contributed by atoms with Gasteiger partial charge >= 0.3 is 0 Å². The predicted molar refractivity (Wildman–Crippen MR) is 93.5 cm³/mol. The molecule has 2 aromatic carbocycles. The van der Waals surface area contributed by atoms with Gasteiger partial charge in [-0.2, -0.15) is 0 Å². The zero-order chi connectivity index (χ0) is 15.8. The van der Waals surface area contributed by atoms with Crippen LogP contribution in [0.15, 0.2) is 53.0 Å². The van der Waals surface area contributed by atoms with Crippen LogP contribution in [0, 0.1) is 0 Å². The summed E-state index contributed by atoms with van der Waals surface area (Å²) < 4.78 is 6.40. The minimum Gasteiger partial charge on any atom is -0.494 e. The van der Waals surface area contributed by atoms with Crippen LogP contribution in [0.2, 0.25) is 0 Å². The summed E-state index contributed by atoms with van der Waals surface area (Å²) in [4.78, 5) is 11.9. The quantitative estimate of drug-likeness (QED) is 0.772. The van der Waals surface area contributed by atoms with Crippen molar-refractivity contribution in [3.05, 3.63) is 53.0 Å². The summed E-state index contributed by atoms with van der Waals surface area (Å²) in [7, 11) is 0. The van der Waals surface area contributed by atoms with Gasteiger partial charge in [0.2, 0.25) is 5.91 Å². The van der Waals surface area contributed by atoms with Crippen LogP contribution in [0.4, 0.5) is 11.4 Å². The van der Waals surface area contributed by atoms with Crippen LogP contribution < -0.4 is 15.4 Å². The van der Waals surface area contributed by atoms with Crippen LogP contribution in [0.3, 0.4) is 0 Å². The molecule has 5 heteroatoms. The van der Waals surface area contributed by atoms with E-state index < -0.39 is 0 Å². The first kappa shape index (κ1) is 16.4. The SMILES string of the molecule is CCOc1ccc(NC(=O)CCNc2ccc(Br)cc2)cc1. The molecule has 0 aromatic heterocycles. The third kappa shape index (κ3) is 5.41. The van der Waals surface area contributed by atoms with E-state index in [1.807, 2.05) is 55.5 Å². The van der Waals surface area contributed by atoms with Gasteiger partial charge in [0.25, 0.3) is 0 Å². The Kier molecular flexibility index (Phi) is 6.27. The minimum absolute atomic E-state index is 0.0197. The average Bonchev–Trinajstić information content (AvgIpc) is 2.51. The Labute approximate surface area is 139 Å². The number of hydrogen-bond acceptors (Lipinski definition) is 3. The van der Waals surface area contributed by atoms with Crippen molar-refractivity contribution in [2.24, 2.45) is 0 Å². The van der Waals surface area contributed by atoms with Gasteiger partial charge in [0.15, 0.2) is 0 Å². The molecule has 0 aliphatic heterocycles. The maximum absolute atomic E-state index is 11.9. The van der Waals surface area contributed by atoms with Crippen molar-refractivity contribution in [3.63, 3.8) is 0 Å². The fourth-order valence-corrected chi connectivity index (χ4v) is 2.18. The molecule has 22 heavy (non-hydrogen) atoms. The highest BCUT2D eigenvalue weighted by atomic mass is 79.9. The van der Waals surface area contributed by atoms with Crippen molar-refractivity contribution >= 4 is 33.2 Å². The number of carbonyl (C=O) groups is 1. The molecule has 0 bridgehead atoms. The second-order valence-corrected chi connectivity index (χ2v) is 5.60. The number of carbonyl (C=O) groups excluding carboxylic acids is 1. The summed E-state index contributed by atoms with van der Waals surface area (Å²) in [5.41, 5.74) is 1.77. The van der Waals surface area contributed by atoms with Crippen molar-refractivity contribution in [1.82, 2.24) is 0 Å². The van der Waals surface area contributed by atoms with E-state index in [2.05, 4.69) is 26.6 Å². The maximum atomic E-state index is 11.9. The lowest BCUT2D eigenvalue weighted by molar-refractivity contribution is -0.115. The van der Waals surface area contributed by atoms with Crippen molar-refractivity contribution in [2.75, 3.05) is 23.8 Å². The van der Waals surface area contributed by atoms with E-state index in [1.165, 1.54) is 0 Å². The Morgan fingerprint density at radius 3 is 2.32 bits per heavy atom. The van der Waals surface area contributed by atoms with E-state index in [-0.39, 0.29) is 5.91 Å². The second-order valence-electron chi connectivity index (χ2n) is 4.69. The lowest BCUT2D eigenvalue weighted by atomic mass is 10.3. The van der Waals surface area contributed by atoms with Crippen LogP contribution in [0.5, 0.6) is 5.75 Å². The normalized spacial score (nSPS) is 10.1.